The highest BCUT2D eigenvalue weighted by atomic mass is 14.6. The molecule has 0 aliphatic heterocycles. The molecule has 17 heavy (non-hydrogen) atoms. The Balaban J connectivity index is 2.28. The summed E-state index contributed by atoms with van der Waals surface area (Å²) in [6.45, 7) is 6.02. The van der Waals surface area contributed by atoms with E-state index in [9.17, 15) is 0 Å². The van der Waals surface area contributed by atoms with E-state index in [0.29, 0.717) is 0 Å². The Morgan fingerprint density at radius 2 is 2.00 bits per heavy atom. The van der Waals surface area contributed by atoms with Gasteiger partial charge in [0, 0.05) is 17.7 Å². The predicted molar refractivity (Wildman–Crippen MR) is 74.2 cm³/mol. The molecule has 2 N–H and O–H groups in total. The van der Waals surface area contributed by atoms with Gasteiger partial charge in [0.05, 0.1) is 0 Å². The molecule has 0 spiro atoms. The van der Waals surface area contributed by atoms with Crippen LogP contribution >= 0.6 is 0 Å². The van der Waals surface area contributed by atoms with Crippen molar-refractivity contribution in [1.29, 1.82) is 0 Å². The van der Waals surface area contributed by atoms with E-state index in [2.05, 4.69) is 24.8 Å². The van der Waals surface area contributed by atoms with Crippen LogP contribution in [0.1, 0.15) is 18.9 Å². The van der Waals surface area contributed by atoms with Crippen molar-refractivity contribution >= 4 is 5.57 Å². The molecule has 0 amide bonds. The van der Waals surface area contributed by atoms with Gasteiger partial charge >= 0.3 is 0 Å². The molecule has 1 aliphatic rings. The van der Waals surface area contributed by atoms with Crippen molar-refractivity contribution in [2.45, 2.75) is 13.3 Å². The molecule has 1 aromatic carbocycles. The minimum Gasteiger partial charge on any atom is -0.401 e. The molecule has 1 heteroatoms. The highest BCUT2D eigenvalue weighted by Gasteiger charge is 2.15. The van der Waals surface area contributed by atoms with Gasteiger partial charge in [-0.3, -0.25) is 0 Å². The number of hydrogen-bond acceptors (Lipinski definition) is 1. The van der Waals surface area contributed by atoms with E-state index in [-0.39, 0.29) is 0 Å². The number of benzene rings is 1. The zero-order valence-electron chi connectivity index (χ0n) is 10.1. The van der Waals surface area contributed by atoms with Crippen molar-refractivity contribution < 1.29 is 0 Å². The summed E-state index contributed by atoms with van der Waals surface area (Å²) in [4.78, 5) is 0. The van der Waals surface area contributed by atoms with Crippen LogP contribution in [-0.2, 0) is 0 Å². The van der Waals surface area contributed by atoms with Gasteiger partial charge in [-0.2, -0.15) is 0 Å². The van der Waals surface area contributed by atoms with Crippen molar-refractivity contribution in [1.82, 2.24) is 0 Å². The first-order valence-electron chi connectivity index (χ1n) is 5.79. The van der Waals surface area contributed by atoms with Crippen LogP contribution < -0.4 is 5.73 Å². The summed E-state index contributed by atoms with van der Waals surface area (Å²) >= 11 is 0. The minimum absolute atomic E-state index is 0.815. The maximum atomic E-state index is 6.07. The Labute approximate surface area is 103 Å². The van der Waals surface area contributed by atoms with E-state index >= 15 is 0 Å². The number of nitrogens with two attached hydrogens (primary N) is 1. The molecule has 0 bridgehead atoms. The van der Waals surface area contributed by atoms with Crippen molar-refractivity contribution in [3.8, 4) is 0 Å². The van der Waals surface area contributed by atoms with Gasteiger partial charge in [-0.15, -0.1) is 0 Å². The minimum atomic E-state index is 0.815. The summed E-state index contributed by atoms with van der Waals surface area (Å²) in [6, 6.07) is 10.3. The van der Waals surface area contributed by atoms with Crippen molar-refractivity contribution in [2.24, 2.45) is 5.73 Å². The highest BCUT2D eigenvalue weighted by Crippen LogP contribution is 2.33. The van der Waals surface area contributed by atoms with Gasteiger partial charge in [0.1, 0.15) is 0 Å². The van der Waals surface area contributed by atoms with Gasteiger partial charge in [0.2, 0.25) is 0 Å². The molecule has 0 aromatic heterocycles. The second kappa shape index (κ2) is 4.88. The zero-order chi connectivity index (χ0) is 12.3. The summed E-state index contributed by atoms with van der Waals surface area (Å²) in [7, 11) is 0. The van der Waals surface area contributed by atoms with Gasteiger partial charge in [-0.05, 0) is 29.7 Å². The van der Waals surface area contributed by atoms with Crippen LogP contribution in [0.15, 0.2) is 72.0 Å². The molecule has 0 fully saturated rings. The molecular weight excluding hydrogens is 206 g/mol. The summed E-state index contributed by atoms with van der Waals surface area (Å²) < 4.78 is 0. The molecule has 1 nitrogen and oxygen atoms in total. The fourth-order valence-corrected chi connectivity index (χ4v) is 2.05. The lowest BCUT2D eigenvalue weighted by Crippen LogP contribution is -1.97. The van der Waals surface area contributed by atoms with Crippen molar-refractivity contribution in [3.63, 3.8) is 0 Å². The average molecular weight is 223 g/mol. The first-order chi connectivity index (χ1) is 8.22. The van der Waals surface area contributed by atoms with Gasteiger partial charge in [0.15, 0.2) is 0 Å². The van der Waals surface area contributed by atoms with E-state index in [4.69, 9.17) is 5.73 Å². The van der Waals surface area contributed by atoms with Crippen LogP contribution in [0.5, 0.6) is 0 Å². The van der Waals surface area contributed by atoms with Crippen molar-refractivity contribution in [3.05, 3.63) is 77.5 Å². The second-order valence-corrected chi connectivity index (χ2v) is 4.18. The van der Waals surface area contributed by atoms with Crippen LogP contribution in [0, 0.1) is 0 Å². The van der Waals surface area contributed by atoms with Gasteiger partial charge in [0.25, 0.3) is 0 Å². The normalized spacial score (nSPS) is 15.5. The van der Waals surface area contributed by atoms with E-state index < -0.39 is 0 Å². The number of allylic oxidation sites excluding steroid dienone is 6. The maximum absolute atomic E-state index is 6.07. The lowest BCUT2D eigenvalue weighted by Gasteiger charge is -2.01. The molecule has 1 aromatic rings. The van der Waals surface area contributed by atoms with E-state index in [1.807, 2.05) is 37.3 Å². The lowest BCUT2D eigenvalue weighted by atomic mass is 10.0. The standard InChI is InChI=1S/C16H17N/c1-3-7-12(2)15-10-14(11-16(15)17)13-8-5-4-6-9-13/h3-10H,2,11,17H2,1H3/b7-3-. The predicted octanol–water partition coefficient (Wildman–Crippen LogP) is 3.82. The van der Waals surface area contributed by atoms with Crippen LogP contribution in [0.3, 0.4) is 0 Å². The summed E-state index contributed by atoms with van der Waals surface area (Å²) in [5.74, 6) is 0. The molecule has 0 heterocycles. The third kappa shape index (κ3) is 2.39. The monoisotopic (exact) mass is 223 g/mol. The summed E-state index contributed by atoms with van der Waals surface area (Å²) in [6.07, 6.45) is 6.94. The molecule has 0 saturated carbocycles. The molecule has 2 rings (SSSR count). The Morgan fingerprint density at radius 3 is 2.65 bits per heavy atom. The Bertz CT molecular complexity index is 516. The average Bonchev–Trinajstić information content (AvgIpc) is 2.73. The highest BCUT2D eigenvalue weighted by molar-refractivity contribution is 5.76. The molecule has 0 unspecified atom stereocenters. The van der Waals surface area contributed by atoms with Gasteiger partial charge in [-0.1, -0.05) is 49.1 Å². The van der Waals surface area contributed by atoms with Crippen LogP contribution in [-0.4, -0.2) is 0 Å². The Kier molecular flexibility index (Phi) is 3.29. The first-order valence-corrected chi connectivity index (χ1v) is 5.79. The largest absolute Gasteiger partial charge is 0.401 e. The van der Waals surface area contributed by atoms with Gasteiger partial charge < -0.3 is 5.73 Å². The summed E-state index contributed by atoms with van der Waals surface area (Å²) in [5.41, 5.74) is 11.5. The fraction of sp³-hybridized carbons (Fsp3) is 0.125. The van der Waals surface area contributed by atoms with Crippen molar-refractivity contribution in [2.75, 3.05) is 0 Å². The second-order valence-electron chi connectivity index (χ2n) is 4.18. The number of rotatable bonds is 3. The van der Waals surface area contributed by atoms with Crippen LogP contribution in [0.2, 0.25) is 0 Å². The summed E-state index contributed by atoms with van der Waals surface area (Å²) in [5, 5.41) is 0. The fourth-order valence-electron chi connectivity index (χ4n) is 2.05. The van der Waals surface area contributed by atoms with E-state index in [0.717, 1.165) is 23.3 Å². The lowest BCUT2D eigenvalue weighted by molar-refractivity contribution is 1.19. The Morgan fingerprint density at radius 1 is 1.29 bits per heavy atom. The molecule has 86 valence electrons. The van der Waals surface area contributed by atoms with E-state index in [1.165, 1.54) is 11.1 Å². The zero-order valence-corrected chi connectivity index (χ0v) is 10.1. The molecule has 0 radical (unpaired) electrons. The molecular formula is C16H17N. The van der Waals surface area contributed by atoms with Crippen LogP contribution in [0.4, 0.5) is 0 Å². The quantitative estimate of drug-likeness (QED) is 0.774. The molecule has 0 saturated heterocycles. The third-order valence-electron chi connectivity index (χ3n) is 2.90. The van der Waals surface area contributed by atoms with Gasteiger partial charge in [-0.25, -0.2) is 0 Å². The molecule has 1 aliphatic carbocycles. The topological polar surface area (TPSA) is 26.0 Å². The SMILES string of the molecule is C=C(/C=C\C)C1=C(N)CC(c2ccccc2)=C1. The maximum Gasteiger partial charge on any atom is 0.0205 e. The van der Waals surface area contributed by atoms with E-state index in [1.54, 1.807) is 0 Å². The third-order valence-corrected chi connectivity index (χ3v) is 2.90. The smallest absolute Gasteiger partial charge is 0.0205 e. The Hall–Kier alpha value is -2.02. The first kappa shape index (κ1) is 11.5. The number of hydrogen-bond donors (Lipinski definition) is 1. The van der Waals surface area contributed by atoms with Crippen LogP contribution in [0.25, 0.3) is 5.57 Å². The molecule has 0 atom stereocenters.